The van der Waals surface area contributed by atoms with E-state index in [0.29, 0.717) is 16.9 Å². The number of nitrogens with one attached hydrogen (secondary N) is 2. The zero-order valence-corrected chi connectivity index (χ0v) is 18.6. The van der Waals surface area contributed by atoms with Crippen molar-refractivity contribution in [3.05, 3.63) is 54.1 Å². The van der Waals surface area contributed by atoms with Gasteiger partial charge in [0.2, 0.25) is 10.0 Å². The van der Waals surface area contributed by atoms with Crippen molar-refractivity contribution in [3.63, 3.8) is 0 Å². The first kappa shape index (κ1) is 22.1. The van der Waals surface area contributed by atoms with E-state index < -0.39 is 15.3 Å². The summed E-state index contributed by atoms with van der Waals surface area (Å²) in [6.07, 6.45) is 0.303. The van der Waals surface area contributed by atoms with Crippen LogP contribution in [0.1, 0.15) is 38.1 Å². The van der Waals surface area contributed by atoms with Crippen molar-refractivity contribution in [2.75, 3.05) is 28.0 Å². The maximum atomic E-state index is 12.6. The lowest BCUT2D eigenvalue weighted by molar-refractivity contribution is -0.00521. The third-order valence-corrected chi connectivity index (χ3v) is 6.68. The van der Waals surface area contributed by atoms with Crippen molar-refractivity contribution < 1.29 is 17.9 Å². The van der Waals surface area contributed by atoms with Crippen LogP contribution < -0.4 is 14.9 Å². The molecular formula is C22H29N3O4S. The number of morpholine rings is 1. The quantitative estimate of drug-likeness (QED) is 0.728. The largest absolute Gasteiger partial charge is 0.372 e. The van der Waals surface area contributed by atoms with Crippen LogP contribution in [-0.2, 0) is 14.8 Å². The van der Waals surface area contributed by atoms with E-state index in [2.05, 4.69) is 28.8 Å². The van der Waals surface area contributed by atoms with Crippen molar-refractivity contribution in [3.8, 4) is 0 Å². The Balaban J connectivity index is 1.67. The van der Waals surface area contributed by atoms with Crippen molar-refractivity contribution in [2.45, 2.75) is 45.2 Å². The molecule has 0 aromatic heterocycles. The van der Waals surface area contributed by atoms with Crippen LogP contribution in [0.15, 0.2) is 48.5 Å². The number of carbonyl (C=O) groups excluding carboxylic acids is 1. The number of anilines is 3. The van der Waals surface area contributed by atoms with Gasteiger partial charge in [0.15, 0.2) is 0 Å². The van der Waals surface area contributed by atoms with E-state index in [9.17, 15) is 13.2 Å². The SMILES string of the molecule is CC(C)S(=O)(=O)Nc1ccc(C(=O)Nc2cccc(N3C[C@@H](C)O[C@@H](C)C3)c2)cc1. The van der Waals surface area contributed by atoms with E-state index in [0.717, 1.165) is 18.8 Å². The Morgan fingerprint density at radius 3 is 2.27 bits per heavy atom. The van der Waals surface area contributed by atoms with Crippen LogP contribution in [0.4, 0.5) is 17.1 Å². The van der Waals surface area contributed by atoms with Crippen LogP contribution >= 0.6 is 0 Å². The number of sulfonamides is 1. The number of ether oxygens (including phenoxy) is 1. The molecule has 0 radical (unpaired) electrons. The summed E-state index contributed by atoms with van der Waals surface area (Å²) in [5.74, 6) is -0.255. The fraction of sp³-hybridized carbons (Fsp3) is 0.409. The van der Waals surface area contributed by atoms with Gasteiger partial charge >= 0.3 is 0 Å². The minimum atomic E-state index is -3.42. The lowest BCUT2D eigenvalue weighted by atomic mass is 10.1. The predicted molar refractivity (Wildman–Crippen MR) is 121 cm³/mol. The standard InChI is InChI=1S/C22H29N3O4S/c1-15(2)30(27,28)24-19-10-8-18(9-11-19)22(26)23-20-6-5-7-21(12-20)25-13-16(3)29-17(4)14-25/h5-12,15-17,24H,13-14H2,1-4H3,(H,23,26)/t16-,17+. The topological polar surface area (TPSA) is 87.7 Å². The minimum absolute atomic E-state index is 0.152. The molecule has 1 saturated heterocycles. The third-order valence-electron chi connectivity index (χ3n) is 4.92. The molecule has 0 unspecified atom stereocenters. The van der Waals surface area contributed by atoms with Gasteiger partial charge in [0, 0.05) is 35.7 Å². The summed E-state index contributed by atoms with van der Waals surface area (Å²) >= 11 is 0. The van der Waals surface area contributed by atoms with Gasteiger partial charge in [0.05, 0.1) is 17.5 Å². The highest BCUT2D eigenvalue weighted by molar-refractivity contribution is 7.93. The molecule has 30 heavy (non-hydrogen) atoms. The average Bonchev–Trinajstić information content (AvgIpc) is 2.67. The van der Waals surface area contributed by atoms with Gasteiger partial charge in [-0.3, -0.25) is 9.52 Å². The zero-order chi connectivity index (χ0) is 21.9. The number of carbonyl (C=O) groups is 1. The molecule has 1 heterocycles. The molecule has 1 aliphatic rings. The van der Waals surface area contributed by atoms with E-state index in [1.54, 1.807) is 38.1 Å². The van der Waals surface area contributed by atoms with Gasteiger partial charge in [-0.05, 0) is 70.2 Å². The highest BCUT2D eigenvalue weighted by atomic mass is 32.2. The Morgan fingerprint density at radius 1 is 1.03 bits per heavy atom. The lowest BCUT2D eigenvalue weighted by Gasteiger charge is -2.37. The Labute approximate surface area is 178 Å². The Hall–Kier alpha value is -2.58. The smallest absolute Gasteiger partial charge is 0.255 e. The maximum absolute atomic E-state index is 12.6. The van der Waals surface area contributed by atoms with Crippen LogP contribution in [0.2, 0.25) is 0 Å². The van der Waals surface area contributed by atoms with Crippen LogP contribution in [-0.4, -0.2) is 44.9 Å². The first-order valence-electron chi connectivity index (χ1n) is 10.1. The summed E-state index contributed by atoms with van der Waals surface area (Å²) < 4.78 is 32.2. The van der Waals surface area contributed by atoms with E-state index >= 15 is 0 Å². The highest BCUT2D eigenvalue weighted by Crippen LogP contribution is 2.24. The lowest BCUT2D eigenvalue weighted by Crippen LogP contribution is -2.45. The molecule has 8 heteroatoms. The van der Waals surface area contributed by atoms with Crippen LogP contribution in [0, 0.1) is 0 Å². The normalized spacial score (nSPS) is 19.6. The zero-order valence-electron chi connectivity index (χ0n) is 17.8. The van der Waals surface area contributed by atoms with Crippen LogP contribution in [0.3, 0.4) is 0 Å². The molecule has 1 fully saturated rings. The average molecular weight is 432 g/mol. The van der Waals surface area contributed by atoms with Crippen molar-refractivity contribution in [1.29, 1.82) is 0 Å². The van der Waals surface area contributed by atoms with Crippen molar-refractivity contribution in [2.24, 2.45) is 0 Å². The van der Waals surface area contributed by atoms with Gasteiger partial charge in [-0.25, -0.2) is 8.42 Å². The molecule has 2 aromatic rings. The van der Waals surface area contributed by atoms with Gasteiger partial charge in [0.1, 0.15) is 0 Å². The first-order chi connectivity index (χ1) is 14.1. The van der Waals surface area contributed by atoms with E-state index in [1.165, 1.54) is 0 Å². The second-order valence-corrected chi connectivity index (χ2v) is 10.2. The summed E-state index contributed by atoms with van der Waals surface area (Å²) in [6.45, 7) is 8.93. The summed E-state index contributed by atoms with van der Waals surface area (Å²) in [5.41, 5.74) is 2.61. The Morgan fingerprint density at radius 2 is 1.67 bits per heavy atom. The molecule has 0 saturated carbocycles. The monoisotopic (exact) mass is 431 g/mol. The van der Waals surface area contributed by atoms with Crippen LogP contribution in [0.5, 0.6) is 0 Å². The van der Waals surface area contributed by atoms with Gasteiger partial charge in [0.25, 0.3) is 5.91 Å². The number of nitrogens with zero attached hydrogens (tertiary/aromatic N) is 1. The van der Waals surface area contributed by atoms with Gasteiger partial charge in [-0.1, -0.05) is 6.07 Å². The Bertz CT molecular complexity index is 980. The number of rotatable bonds is 6. The van der Waals surface area contributed by atoms with E-state index in [1.807, 2.05) is 24.3 Å². The third kappa shape index (κ3) is 5.52. The number of hydrogen-bond acceptors (Lipinski definition) is 5. The minimum Gasteiger partial charge on any atom is -0.372 e. The molecule has 0 aliphatic carbocycles. The summed E-state index contributed by atoms with van der Waals surface area (Å²) in [7, 11) is -3.42. The summed E-state index contributed by atoms with van der Waals surface area (Å²) in [5, 5.41) is 2.37. The van der Waals surface area contributed by atoms with Crippen LogP contribution in [0.25, 0.3) is 0 Å². The van der Waals surface area contributed by atoms with Gasteiger partial charge in [-0.2, -0.15) is 0 Å². The maximum Gasteiger partial charge on any atom is 0.255 e. The summed E-state index contributed by atoms with van der Waals surface area (Å²) in [4.78, 5) is 14.9. The van der Waals surface area contributed by atoms with E-state index in [4.69, 9.17) is 4.74 Å². The fourth-order valence-electron chi connectivity index (χ4n) is 3.34. The molecule has 2 atom stereocenters. The Kier molecular flexibility index (Phi) is 6.67. The summed E-state index contributed by atoms with van der Waals surface area (Å²) in [6, 6.07) is 14.1. The number of benzene rings is 2. The molecular weight excluding hydrogens is 402 g/mol. The molecule has 1 aliphatic heterocycles. The highest BCUT2D eigenvalue weighted by Gasteiger charge is 2.22. The second kappa shape index (κ2) is 9.06. The molecule has 0 spiro atoms. The van der Waals surface area contributed by atoms with Gasteiger partial charge in [-0.15, -0.1) is 0 Å². The molecule has 0 bridgehead atoms. The molecule has 1 amide bonds. The predicted octanol–water partition coefficient (Wildman–Crippen LogP) is 3.70. The number of hydrogen-bond donors (Lipinski definition) is 2. The van der Waals surface area contributed by atoms with E-state index in [-0.39, 0.29) is 18.1 Å². The molecule has 2 aromatic carbocycles. The van der Waals surface area contributed by atoms with Crippen molar-refractivity contribution in [1.82, 2.24) is 0 Å². The van der Waals surface area contributed by atoms with Gasteiger partial charge < -0.3 is 15.0 Å². The fourth-order valence-corrected chi connectivity index (χ4v) is 4.04. The number of amides is 1. The molecule has 2 N–H and O–H groups in total. The van der Waals surface area contributed by atoms with Crippen molar-refractivity contribution >= 4 is 33.0 Å². The second-order valence-electron chi connectivity index (χ2n) is 7.94. The molecule has 162 valence electrons. The molecule has 3 rings (SSSR count). The molecule has 7 nitrogen and oxygen atoms in total. The first-order valence-corrected chi connectivity index (χ1v) is 11.6.